The molecule has 2 N–H and O–H groups in total. The number of aryl methyl sites for hydroxylation is 2. The van der Waals surface area contributed by atoms with Crippen LogP contribution in [0.3, 0.4) is 0 Å². The fourth-order valence-electron chi connectivity index (χ4n) is 2.99. The first-order chi connectivity index (χ1) is 11.5. The molecule has 0 saturated heterocycles. The zero-order valence-electron chi connectivity index (χ0n) is 13.8. The van der Waals surface area contributed by atoms with E-state index in [0.29, 0.717) is 24.1 Å². The number of anilines is 2. The van der Waals surface area contributed by atoms with E-state index in [1.807, 2.05) is 13.0 Å². The van der Waals surface area contributed by atoms with E-state index in [0.717, 1.165) is 18.4 Å². The topological polar surface area (TPSA) is 63.1 Å². The number of nitrogens with one attached hydrogen (secondary N) is 2. The average Bonchev–Trinajstić information content (AvgIpc) is 2.55. The Morgan fingerprint density at radius 3 is 2.83 bits per heavy atom. The molecule has 1 aromatic carbocycles. The summed E-state index contributed by atoms with van der Waals surface area (Å²) in [5.41, 5.74) is 2.24. The number of amides is 1. The summed E-state index contributed by atoms with van der Waals surface area (Å²) in [6.45, 7) is 2.50. The molecule has 0 fully saturated rings. The Labute approximate surface area is 139 Å². The van der Waals surface area contributed by atoms with Crippen molar-refractivity contribution in [3.8, 4) is 0 Å². The fraction of sp³-hybridized carbons (Fsp3) is 0.333. The molecule has 5 nitrogen and oxygen atoms in total. The fourth-order valence-corrected chi connectivity index (χ4v) is 2.99. The summed E-state index contributed by atoms with van der Waals surface area (Å²) in [6.07, 6.45) is 3.81. The smallest absolute Gasteiger partial charge is 0.274 e. The minimum absolute atomic E-state index is 0.214. The molecule has 0 radical (unpaired) electrons. The zero-order valence-corrected chi connectivity index (χ0v) is 13.8. The second-order valence-electron chi connectivity index (χ2n) is 6.01. The maximum Gasteiger partial charge on any atom is 0.274 e. The Balaban J connectivity index is 2.04. The van der Waals surface area contributed by atoms with Gasteiger partial charge in [0.25, 0.3) is 11.5 Å². The quantitative estimate of drug-likeness (QED) is 0.906. The molecule has 126 valence electrons. The van der Waals surface area contributed by atoms with E-state index in [1.165, 1.54) is 16.8 Å². The van der Waals surface area contributed by atoms with Crippen LogP contribution in [0, 0.1) is 5.82 Å². The van der Waals surface area contributed by atoms with Crippen LogP contribution in [0.1, 0.15) is 34.8 Å². The van der Waals surface area contributed by atoms with Gasteiger partial charge in [-0.15, -0.1) is 0 Å². The summed E-state index contributed by atoms with van der Waals surface area (Å²) in [7, 11) is 1.58. The molecule has 1 aliphatic heterocycles. The summed E-state index contributed by atoms with van der Waals surface area (Å²) in [4.78, 5) is 24.5. The highest BCUT2D eigenvalue weighted by Crippen LogP contribution is 2.25. The van der Waals surface area contributed by atoms with Gasteiger partial charge in [0.05, 0.1) is 11.3 Å². The van der Waals surface area contributed by atoms with E-state index in [4.69, 9.17) is 0 Å². The molecule has 1 aromatic heterocycles. The van der Waals surface area contributed by atoms with Crippen molar-refractivity contribution in [2.45, 2.75) is 26.2 Å². The summed E-state index contributed by atoms with van der Waals surface area (Å²) in [5.74, 6) is -0.616. The monoisotopic (exact) mass is 329 g/mol. The Morgan fingerprint density at radius 2 is 2.12 bits per heavy atom. The second kappa shape index (κ2) is 6.47. The number of nitrogens with zero attached hydrogens (tertiary/aromatic N) is 1. The second-order valence-corrected chi connectivity index (χ2v) is 6.01. The third-order valence-electron chi connectivity index (χ3n) is 4.22. The Kier molecular flexibility index (Phi) is 4.38. The maximum absolute atomic E-state index is 14.3. The van der Waals surface area contributed by atoms with Crippen LogP contribution < -0.4 is 16.2 Å². The number of pyridine rings is 1. The molecule has 0 bridgehead atoms. The highest BCUT2D eigenvalue weighted by atomic mass is 19.1. The summed E-state index contributed by atoms with van der Waals surface area (Å²) < 4.78 is 15.7. The molecular formula is C18H20FN3O2. The van der Waals surface area contributed by atoms with Gasteiger partial charge in [0.2, 0.25) is 0 Å². The molecule has 0 spiro atoms. The van der Waals surface area contributed by atoms with Crippen LogP contribution >= 0.6 is 0 Å². The molecule has 2 heterocycles. The molecule has 1 aliphatic rings. The van der Waals surface area contributed by atoms with Crippen LogP contribution in [-0.4, -0.2) is 17.0 Å². The molecule has 1 amide bonds. The minimum atomic E-state index is -0.402. The molecule has 0 unspecified atom stereocenters. The van der Waals surface area contributed by atoms with Crippen LogP contribution in [0.25, 0.3) is 0 Å². The lowest BCUT2D eigenvalue weighted by molar-refractivity contribution is 0.0945. The van der Waals surface area contributed by atoms with E-state index < -0.39 is 5.82 Å². The first-order valence-electron chi connectivity index (χ1n) is 8.07. The average molecular weight is 329 g/mol. The van der Waals surface area contributed by atoms with Crippen molar-refractivity contribution in [2.75, 3.05) is 11.9 Å². The standard InChI is InChI=1S/C18H20FN3O2/c1-3-4-11-5-6-15(14(19)9-11)21-16-12-7-8-20-17(23)13(12)10-22(2)18(16)24/h5-6,9-10,21H,3-4,7-8H2,1-2H3,(H,20,23). The molecule has 0 atom stereocenters. The number of carbonyl (C=O) groups is 1. The summed E-state index contributed by atoms with van der Waals surface area (Å²) in [5, 5.41) is 5.66. The van der Waals surface area contributed by atoms with Gasteiger partial charge < -0.3 is 15.2 Å². The first kappa shape index (κ1) is 16.2. The lowest BCUT2D eigenvalue weighted by atomic mass is 10.0. The van der Waals surface area contributed by atoms with Crippen LogP contribution in [0.2, 0.25) is 0 Å². The normalized spacial score (nSPS) is 13.4. The molecule has 0 saturated carbocycles. The van der Waals surface area contributed by atoms with Crippen LogP contribution in [0.15, 0.2) is 29.2 Å². The van der Waals surface area contributed by atoms with Gasteiger partial charge in [0.15, 0.2) is 0 Å². The third kappa shape index (κ3) is 2.91. The van der Waals surface area contributed by atoms with Crippen molar-refractivity contribution in [1.82, 2.24) is 9.88 Å². The number of hydrogen-bond donors (Lipinski definition) is 2. The first-order valence-corrected chi connectivity index (χ1v) is 8.07. The third-order valence-corrected chi connectivity index (χ3v) is 4.22. The van der Waals surface area contributed by atoms with E-state index in [9.17, 15) is 14.0 Å². The molecule has 3 rings (SSSR count). The lowest BCUT2D eigenvalue weighted by Crippen LogP contribution is -2.35. The number of fused-ring (bicyclic) bond motifs is 1. The molecule has 6 heteroatoms. The van der Waals surface area contributed by atoms with Crippen molar-refractivity contribution in [3.63, 3.8) is 0 Å². The number of carbonyl (C=O) groups excluding carboxylic acids is 1. The SMILES string of the molecule is CCCc1ccc(Nc2c3c(cn(C)c2=O)C(=O)NCC3)c(F)c1. The van der Waals surface area contributed by atoms with Crippen molar-refractivity contribution >= 4 is 17.3 Å². The van der Waals surface area contributed by atoms with Gasteiger partial charge in [0, 0.05) is 19.8 Å². The number of aromatic nitrogens is 1. The number of rotatable bonds is 4. The minimum Gasteiger partial charge on any atom is -0.352 e. The predicted octanol–water partition coefficient (Wildman–Crippen LogP) is 2.51. The number of hydrogen-bond acceptors (Lipinski definition) is 3. The van der Waals surface area contributed by atoms with Crippen molar-refractivity contribution < 1.29 is 9.18 Å². The highest BCUT2D eigenvalue weighted by molar-refractivity contribution is 5.98. The molecular weight excluding hydrogens is 309 g/mol. The van der Waals surface area contributed by atoms with Crippen molar-refractivity contribution in [3.05, 3.63) is 57.3 Å². The van der Waals surface area contributed by atoms with E-state index in [2.05, 4.69) is 10.6 Å². The van der Waals surface area contributed by atoms with Crippen molar-refractivity contribution in [1.29, 1.82) is 0 Å². The van der Waals surface area contributed by atoms with Gasteiger partial charge >= 0.3 is 0 Å². The van der Waals surface area contributed by atoms with Crippen LogP contribution in [-0.2, 0) is 19.9 Å². The van der Waals surface area contributed by atoms with E-state index in [-0.39, 0.29) is 22.8 Å². The van der Waals surface area contributed by atoms with Gasteiger partial charge in [-0.2, -0.15) is 0 Å². The Hall–Kier alpha value is -2.63. The van der Waals surface area contributed by atoms with E-state index >= 15 is 0 Å². The Morgan fingerprint density at radius 1 is 1.33 bits per heavy atom. The summed E-state index contributed by atoms with van der Waals surface area (Å²) in [6, 6.07) is 4.97. The van der Waals surface area contributed by atoms with Crippen LogP contribution in [0.4, 0.5) is 15.8 Å². The van der Waals surface area contributed by atoms with Gasteiger partial charge in [-0.1, -0.05) is 19.4 Å². The van der Waals surface area contributed by atoms with E-state index in [1.54, 1.807) is 13.1 Å². The maximum atomic E-state index is 14.3. The van der Waals surface area contributed by atoms with Gasteiger partial charge in [0.1, 0.15) is 11.5 Å². The summed E-state index contributed by atoms with van der Waals surface area (Å²) >= 11 is 0. The highest BCUT2D eigenvalue weighted by Gasteiger charge is 2.23. The molecule has 24 heavy (non-hydrogen) atoms. The molecule has 0 aliphatic carbocycles. The van der Waals surface area contributed by atoms with Gasteiger partial charge in [-0.25, -0.2) is 4.39 Å². The largest absolute Gasteiger partial charge is 0.352 e. The lowest BCUT2D eigenvalue weighted by Gasteiger charge is -2.21. The van der Waals surface area contributed by atoms with Crippen LogP contribution in [0.5, 0.6) is 0 Å². The predicted molar refractivity (Wildman–Crippen MR) is 91.4 cm³/mol. The van der Waals surface area contributed by atoms with Gasteiger partial charge in [-0.3, -0.25) is 9.59 Å². The number of benzene rings is 1. The molecule has 2 aromatic rings. The van der Waals surface area contributed by atoms with Crippen molar-refractivity contribution in [2.24, 2.45) is 7.05 Å². The van der Waals surface area contributed by atoms with Gasteiger partial charge in [-0.05, 0) is 36.1 Å². The number of halogens is 1. The Bertz CT molecular complexity index is 858. The zero-order chi connectivity index (χ0) is 17.3.